The number of carboxylic acids is 1. The number of aromatic carboxylic acids is 1. The van der Waals surface area contributed by atoms with Gasteiger partial charge in [-0.15, -0.1) is 0 Å². The minimum Gasteiger partial charge on any atom is -0.507 e. The maximum atomic E-state index is 13.3. The Morgan fingerprint density at radius 1 is 1.19 bits per heavy atom. The Bertz CT molecular complexity index is 1290. The van der Waals surface area contributed by atoms with Gasteiger partial charge in [-0.1, -0.05) is 6.07 Å². The molecule has 12 nitrogen and oxygen atoms in total. The molecule has 1 amide bonds. The predicted molar refractivity (Wildman–Crippen MR) is 108 cm³/mol. The number of carbonyl (C=O) groups excluding carboxylic acids is 1. The van der Waals surface area contributed by atoms with Crippen molar-refractivity contribution in [3.8, 4) is 11.5 Å². The molecule has 0 spiro atoms. The number of nitrogens with zero attached hydrogens (tertiary/aromatic N) is 2. The fraction of sp³-hybridized carbons (Fsp3) is 0.176. The quantitative estimate of drug-likeness (QED) is 0.457. The second-order valence-corrected chi connectivity index (χ2v) is 9.79. The number of para-hydroxylation sites is 1. The molecule has 14 heteroatoms. The Hall–Kier alpha value is -3.52. The number of hydrogen-bond acceptors (Lipinski definition) is 8. The van der Waals surface area contributed by atoms with Gasteiger partial charge in [0, 0.05) is 6.54 Å². The van der Waals surface area contributed by atoms with E-state index >= 15 is 0 Å². The molecule has 4 N–H and O–H groups in total. The van der Waals surface area contributed by atoms with Gasteiger partial charge in [0.15, 0.2) is 0 Å². The summed E-state index contributed by atoms with van der Waals surface area (Å²) in [4.78, 5) is 22.4. The Kier molecular flexibility index (Phi) is 5.45. The minimum atomic E-state index is -4.48. The molecule has 0 bridgehead atoms. The topological polar surface area (TPSA) is 182 Å². The number of carbonyl (C=O) groups is 2. The van der Waals surface area contributed by atoms with E-state index in [-0.39, 0.29) is 12.2 Å². The van der Waals surface area contributed by atoms with Crippen LogP contribution in [0, 0.1) is 0 Å². The second-order valence-electron chi connectivity index (χ2n) is 6.34. The SMILES string of the molecule is CCN(c1cccc(O)c1N1CC(=O)NS1(=O)=O)S(=O)(=O)c1ccc(O)c(C(=O)O)c1. The van der Waals surface area contributed by atoms with Crippen LogP contribution >= 0.6 is 0 Å². The summed E-state index contributed by atoms with van der Waals surface area (Å²) in [6, 6.07) is 6.29. The number of benzene rings is 2. The number of amides is 1. The molecule has 0 unspecified atom stereocenters. The molecule has 31 heavy (non-hydrogen) atoms. The molecule has 1 aliphatic rings. The van der Waals surface area contributed by atoms with Gasteiger partial charge in [0.05, 0.1) is 10.6 Å². The zero-order valence-corrected chi connectivity index (χ0v) is 17.5. The van der Waals surface area contributed by atoms with Crippen LogP contribution in [0.1, 0.15) is 17.3 Å². The third kappa shape index (κ3) is 3.82. The smallest absolute Gasteiger partial charge is 0.339 e. The number of phenols is 2. The zero-order valence-electron chi connectivity index (χ0n) is 15.9. The predicted octanol–water partition coefficient (Wildman–Crippen LogP) is 0.192. The van der Waals surface area contributed by atoms with E-state index in [0.717, 1.165) is 28.6 Å². The van der Waals surface area contributed by atoms with Crippen LogP contribution in [0.2, 0.25) is 0 Å². The van der Waals surface area contributed by atoms with Gasteiger partial charge in [-0.3, -0.25) is 9.10 Å². The first-order valence-electron chi connectivity index (χ1n) is 8.64. The van der Waals surface area contributed by atoms with E-state index in [1.807, 2.05) is 0 Å². The largest absolute Gasteiger partial charge is 0.507 e. The fourth-order valence-electron chi connectivity index (χ4n) is 3.07. The van der Waals surface area contributed by atoms with Crippen LogP contribution in [-0.2, 0) is 25.0 Å². The number of phenolic OH excluding ortho intramolecular Hbond substituents is 1. The maximum absolute atomic E-state index is 13.3. The summed E-state index contributed by atoms with van der Waals surface area (Å²) in [6.45, 7) is 0.524. The van der Waals surface area contributed by atoms with Gasteiger partial charge >= 0.3 is 16.2 Å². The molecular formula is C17H17N3O9S2. The standard InChI is InChI=1S/C17H17N3O9S2/c1-2-19(30(26,27)10-6-7-13(21)11(8-10)17(24)25)12-4-3-5-14(22)16(12)20-9-15(23)18-31(20,28)29/h3-8,21-22H,2,9H2,1H3,(H,18,23)(H,24,25). The first-order valence-corrected chi connectivity index (χ1v) is 11.5. The molecule has 0 aliphatic carbocycles. The average Bonchev–Trinajstić information content (AvgIpc) is 2.94. The van der Waals surface area contributed by atoms with Crippen molar-refractivity contribution in [3.05, 3.63) is 42.0 Å². The van der Waals surface area contributed by atoms with Gasteiger partial charge < -0.3 is 15.3 Å². The van der Waals surface area contributed by atoms with Crippen molar-refractivity contribution in [2.75, 3.05) is 21.7 Å². The molecule has 0 atom stereocenters. The van der Waals surface area contributed by atoms with E-state index in [1.165, 1.54) is 19.1 Å². The molecule has 3 rings (SSSR count). The lowest BCUT2D eigenvalue weighted by atomic mass is 10.2. The number of anilines is 2. The molecule has 0 radical (unpaired) electrons. The first kappa shape index (κ1) is 22.2. The molecule has 0 saturated carbocycles. The summed E-state index contributed by atoms with van der Waals surface area (Å²) >= 11 is 0. The van der Waals surface area contributed by atoms with Crippen LogP contribution in [0.3, 0.4) is 0 Å². The summed E-state index contributed by atoms with van der Waals surface area (Å²) in [5, 5.41) is 29.1. The highest BCUT2D eigenvalue weighted by atomic mass is 32.2. The Labute approximate surface area is 177 Å². The van der Waals surface area contributed by atoms with Gasteiger partial charge in [-0.2, -0.15) is 8.42 Å². The Morgan fingerprint density at radius 2 is 1.87 bits per heavy atom. The Morgan fingerprint density at radius 3 is 2.42 bits per heavy atom. The summed E-state index contributed by atoms with van der Waals surface area (Å²) in [5.41, 5.74) is -1.35. The number of hydrogen-bond donors (Lipinski definition) is 4. The van der Waals surface area contributed by atoms with Crippen molar-refractivity contribution in [2.24, 2.45) is 0 Å². The molecule has 166 valence electrons. The maximum Gasteiger partial charge on any atom is 0.339 e. The van der Waals surface area contributed by atoms with E-state index in [0.29, 0.717) is 4.31 Å². The lowest BCUT2D eigenvalue weighted by Crippen LogP contribution is -2.35. The molecule has 1 heterocycles. The van der Waals surface area contributed by atoms with Crippen molar-refractivity contribution < 1.29 is 41.7 Å². The van der Waals surface area contributed by atoms with Gasteiger partial charge in [0.2, 0.25) is 0 Å². The molecule has 2 aromatic rings. The number of sulfonamides is 1. The Balaban J connectivity index is 2.21. The van der Waals surface area contributed by atoms with E-state index in [2.05, 4.69) is 0 Å². The summed E-state index contributed by atoms with van der Waals surface area (Å²) in [6.07, 6.45) is 0. The third-order valence-electron chi connectivity index (χ3n) is 4.41. The molecular weight excluding hydrogens is 454 g/mol. The molecule has 1 fully saturated rings. The summed E-state index contributed by atoms with van der Waals surface area (Å²) < 4.78 is 54.1. The second kappa shape index (κ2) is 7.63. The van der Waals surface area contributed by atoms with Crippen molar-refractivity contribution in [1.82, 2.24) is 4.72 Å². The van der Waals surface area contributed by atoms with Crippen molar-refractivity contribution in [2.45, 2.75) is 11.8 Å². The number of carboxylic acid groups (broad SMARTS) is 1. The monoisotopic (exact) mass is 471 g/mol. The third-order valence-corrected chi connectivity index (χ3v) is 7.67. The van der Waals surface area contributed by atoms with Crippen LogP contribution in [0.15, 0.2) is 41.3 Å². The van der Waals surface area contributed by atoms with Crippen molar-refractivity contribution in [3.63, 3.8) is 0 Å². The van der Waals surface area contributed by atoms with E-state index < -0.39 is 66.3 Å². The highest BCUT2D eigenvalue weighted by molar-refractivity contribution is 7.93. The van der Waals surface area contributed by atoms with Gasteiger partial charge in [-0.25, -0.2) is 22.2 Å². The number of nitrogens with one attached hydrogen (secondary N) is 1. The fourth-order valence-corrected chi connectivity index (χ4v) is 5.75. The van der Waals surface area contributed by atoms with Gasteiger partial charge in [0.25, 0.3) is 15.9 Å². The normalized spacial score (nSPS) is 15.5. The van der Waals surface area contributed by atoms with Crippen LogP contribution in [-0.4, -0.2) is 57.1 Å². The lowest BCUT2D eigenvalue weighted by molar-refractivity contribution is -0.117. The lowest BCUT2D eigenvalue weighted by Gasteiger charge is -2.28. The van der Waals surface area contributed by atoms with E-state index in [4.69, 9.17) is 5.11 Å². The highest BCUT2D eigenvalue weighted by Gasteiger charge is 2.39. The number of rotatable bonds is 6. The molecule has 0 aromatic heterocycles. The van der Waals surface area contributed by atoms with Crippen molar-refractivity contribution >= 4 is 43.5 Å². The summed E-state index contributed by atoms with van der Waals surface area (Å²) in [5.74, 6) is -3.66. The van der Waals surface area contributed by atoms with Gasteiger partial charge in [0.1, 0.15) is 29.3 Å². The first-order chi connectivity index (χ1) is 14.4. The average molecular weight is 471 g/mol. The van der Waals surface area contributed by atoms with Crippen LogP contribution in [0.4, 0.5) is 11.4 Å². The zero-order chi connectivity index (χ0) is 23.1. The minimum absolute atomic E-state index is 0.239. The molecule has 1 aliphatic heterocycles. The van der Waals surface area contributed by atoms with Crippen LogP contribution < -0.4 is 13.3 Å². The van der Waals surface area contributed by atoms with Crippen LogP contribution in [0.25, 0.3) is 0 Å². The van der Waals surface area contributed by atoms with E-state index in [9.17, 15) is 36.6 Å². The summed E-state index contributed by atoms with van der Waals surface area (Å²) in [7, 11) is -8.84. The molecule has 2 aromatic carbocycles. The molecule has 1 saturated heterocycles. The van der Waals surface area contributed by atoms with Gasteiger partial charge in [-0.05, 0) is 37.3 Å². The highest BCUT2D eigenvalue weighted by Crippen LogP contribution is 2.41. The van der Waals surface area contributed by atoms with Crippen molar-refractivity contribution in [1.29, 1.82) is 0 Å². The van der Waals surface area contributed by atoms with E-state index in [1.54, 1.807) is 4.72 Å². The van der Waals surface area contributed by atoms with Crippen LogP contribution in [0.5, 0.6) is 11.5 Å². The number of aromatic hydroxyl groups is 2.